The van der Waals surface area contributed by atoms with E-state index in [0.717, 1.165) is 12.8 Å². The van der Waals surface area contributed by atoms with Crippen molar-refractivity contribution in [1.29, 1.82) is 0 Å². The van der Waals surface area contributed by atoms with Gasteiger partial charge in [0, 0.05) is 5.56 Å². The Morgan fingerprint density at radius 3 is 2.50 bits per heavy atom. The lowest BCUT2D eigenvalue weighted by atomic mass is 9.97. The predicted octanol–water partition coefficient (Wildman–Crippen LogP) is 1.97. The second-order valence-corrected chi connectivity index (χ2v) is 3.16. The van der Waals surface area contributed by atoms with E-state index in [9.17, 15) is 9.18 Å². The molecule has 61 valence electrons. The van der Waals surface area contributed by atoms with Crippen LogP contribution < -0.4 is 0 Å². The Balaban J connectivity index is 2.46. The van der Waals surface area contributed by atoms with E-state index < -0.39 is 5.41 Å². The van der Waals surface area contributed by atoms with E-state index in [2.05, 4.69) is 0 Å². The minimum atomic E-state index is -0.606. The van der Waals surface area contributed by atoms with Crippen LogP contribution in [0.15, 0.2) is 24.3 Å². The molecule has 2 rings (SSSR count). The van der Waals surface area contributed by atoms with Crippen molar-refractivity contribution >= 4 is 6.29 Å². The molecule has 0 N–H and O–H groups in total. The molecule has 1 aliphatic rings. The molecule has 1 aliphatic carbocycles. The number of benzene rings is 1. The molecule has 0 aliphatic heterocycles. The molecule has 1 nitrogen and oxygen atoms in total. The maximum atomic E-state index is 13.1. The van der Waals surface area contributed by atoms with Gasteiger partial charge in [0.1, 0.15) is 5.82 Å². The van der Waals surface area contributed by atoms with Crippen LogP contribution in [0, 0.1) is 5.82 Å². The smallest absolute Gasteiger partial charge is 0.209 e. The zero-order chi connectivity index (χ0) is 8.60. The lowest BCUT2D eigenvalue weighted by molar-refractivity contribution is 0.532. The summed E-state index contributed by atoms with van der Waals surface area (Å²) >= 11 is 0. The Morgan fingerprint density at radius 1 is 1.33 bits per heavy atom. The highest BCUT2D eigenvalue weighted by atomic mass is 19.1. The standard InChI is InChI=1S/C10H8FO/c11-9-4-2-1-3-8(9)10(7-12)5-6-10/h1-4H,5-6H2. The van der Waals surface area contributed by atoms with E-state index in [4.69, 9.17) is 0 Å². The molecule has 1 aromatic rings. The van der Waals surface area contributed by atoms with Crippen LogP contribution in [0.3, 0.4) is 0 Å². The third-order valence-corrected chi connectivity index (χ3v) is 2.33. The summed E-state index contributed by atoms with van der Waals surface area (Å²) in [6.45, 7) is 0. The summed E-state index contributed by atoms with van der Waals surface area (Å²) in [5, 5.41) is 0. The number of rotatable bonds is 2. The highest BCUT2D eigenvalue weighted by Crippen LogP contribution is 2.46. The quantitative estimate of drug-likeness (QED) is 0.651. The minimum Gasteiger partial charge on any atom is -0.290 e. The summed E-state index contributed by atoms with van der Waals surface area (Å²) in [5.41, 5.74) is -0.106. The minimum absolute atomic E-state index is 0.293. The van der Waals surface area contributed by atoms with Gasteiger partial charge < -0.3 is 0 Å². The Morgan fingerprint density at radius 2 is 2.00 bits per heavy atom. The summed E-state index contributed by atoms with van der Waals surface area (Å²) in [5.74, 6) is -0.293. The van der Waals surface area contributed by atoms with Crippen LogP contribution in [0.2, 0.25) is 0 Å². The zero-order valence-electron chi connectivity index (χ0n) is 6.51. The molecule has 0 aromatic heterocycles. The molecule has 0 atom stereocenters. The van der Waals surface area contributed by atoms with Gasteiger partial charge in [-0.3, -0.25) is 4.79 Å². The molecule has 1 aromatic carbocycles. The van der Waals surface area contributed by atoms with E-state index >= 15 is 0 Å². The van der Waals surface area contributed by atoms with Gasteiger partial charge in [-0.25, -0.2) is 4.39 Å². The highest BCUT2D eigenvalue weighted by Gasteiger charge is 2.46. The van der Waals surface area contributed by atoms with Crippen LogP contribution >= 0.6 is 0 Å². The van der Waals surface area contributed by atoms with Gasteiger partial charge in [0.15, 0.2) is 0 Å². The van der Waals surface area contributed by atoms with Crippen molar-refractivity contribution in [2.45, 2.75) is 18.3 Å². The lowest BCUT2D eigenvalue weighted by Crippen LogP contribution is -2.09. The van der Waals surface area contributed by atoms with Gasteiger partial charge in [-0.2, -0.15) is 0 Å². The van der Waals surface area contributed by atoms with Crippen molar-refractivity contribution in [3.8, 4) is 0 Å². The van der Waals surface area contributed by atoms with Gasteiger partial charge in [-0.05, 0) is 18.9 Å². The summed E-state index contributed by atoms with van der Waals surface area (Å²) < 4.78 is 13.1. The van der Waals surface area contributed by atoms with Crippen molar-refractivity contribution < 1.29 is 9.18 Å². The van der Waals surface area contributed by atoms with Crippen LogP contribution in [-0.2, 0) is 10.2 Å². The Hall–Kier alpha value is -1.18. The number of hydrogen-bond donors (Lipinski definition) is 0. The topological polar surface area (TPSA) is 17.1 Å². The molecule has 1 radical (unpaired) electrons. The van der Waals surface area contributed by atoms with E-state index in [0.29, 0.717) is 5.56 Å². The van der Waals surface area contributed by atoms with Gasteiger partial charge in [-0.1, -0.05) is 18.2 Å². The average Bonchev–Trinajstić information content (AvgIpc) is 2.86. The lowest BCUT2D eigenvalue weighted by Gasteiger charge is -2.06. The molecule has 0 spiro atoms. The first-order valence-electron chi connectivity index (χ1n) is 3.93. The molecule has 0 bridgehead atoms. The molecule has 0 unspecified atom stereocenters. The predicted molar refractivity (Wildman–Crippen MR) is 43.0 cm³/mol. The molecule has 0 amide bonds. The summed E-state index contributed by atoms with van der Waals surface area (Å²) in [6, 6.07) is 6.41. The van der Waals surface area contributed by atoms with Crippen LogP contribution in [0.1, 0.15) is 18.4 Å². The van der Waals surface area contributed by atoms with Crippen molar-refractivity contribution in [2.75, 3.05) is 0 Å². The fraction of sp³-hybridized carbons (Fsp3) is 0.300. The van der Waals surface area contributed by atoms with Crippen molar-refractivity contribution in [3.05, 3.63) is 35.6 Å². The third kappa shape index (κ3) is 0.951. The number of hydrogen-bond acceptors (Lipinski definition) is 1. The summed E-state index contributed by atoms with van der Waals surface area (Å²) in [6.07, 6.45) is 3.39. The van der Waals surface area contributed by atoms with E-state index in [-0.39, 0.29) is 5.82 Å². The van der Waals surface area contributed by atoms with Crippen LogP contribution in [0.4, 0.5) is 4.39 Å². The van der Waals surface area contributed by atoms with Gasteiger partial charge in [0.2, 0.25) is 6.29 Å². The first kappa shape index (κ1) is 7.47. The molecule has 0 saturated heterocycles. The van der Waals surface area contributed by atoms with Crippen molar-refractivity contribution in [2.24, 2.45) is 0 Å². The van der Waals surface area contributed by atoms with Gasteiger partial charge in [0.05, 0.1) is 5.41 Å². The van der Waals surface area contributed by atoms with Gasteiger partial charge in [-0.15, -0.1) is 0 Å². The first-order valence-corrected chi connectivity index (χ1v) is 3.93. The van der Waals surface area contributed by atoms with Gasteiger partial charge >= 0.3 is 0 Å². The van der Waals surface area contributed by atoms with Crippen molar-refractivity contribution in [1.82, 2.24) is 0 Å². The molecular formula is C10H8FO. The molecule has 1 saturated carbocycles. The normalized spacial score (nSPS) is 18.8. The first-order chi connectivity index (χ1) is 5.78. The number of halogens is 1. The Labute approximate surface area is 70.2 Å². The van der Waals surface area contributed by atoms with E-state index in [1.165, 1.54) is 6.07 Å². The fourth-order valence-electron chi connectivity index (χ4n) is 1.40. The maximum Gasteiger partial charge on any atom is 0.209 e. The summed E-state index contributed by atoms with van der Waals surface area (Å²) in [7, 11) is 0. The average molecular weight is 163 g/mol. The fourth-order valence-corrected chi connectivity index (χ4v) is 1.40. The summed E-state index contributed by atoms with van der Waals surface area (Å²) in [4.78, 5) is 10.6. The third-order valence-electron chi connectivity index (χ3n) is 2.33. The second kappa shape index (κ2) is 2.41. The van der Waals surface area contributed by atoms with Crippen LogP contribution in [0.5, 0.6) is 0 Å². The monoisotopic (exact) mass is 163 g/mol. The molecular weight excluding hydrogens is 155 g/mol. The Kier molecular flexibility index (Phi) is 1.50. The Bertz CT molecular complexity index is 315. The highest BCUT2D eigenvalue weighted by molar-refractivity contribution is 5.73. The van der Waals surface area contributed by atoms with Gasteiger partial charge in [0.25, 0.3) is 0 Å². The number of carbonyl (C=O) groups excluding carboxylic acids is 1. The van der Waals surface area contributed by atoms with E-state index in [1.807, 2.05) is 6.29 Å². The zero-order valence-corrected chi connectivity index (χ0v) is 6.51. The maximum absolute atomic E-state index is 13.1. The van der Waals surface area contributed by atoms with E-state index in [1.54, 1.807) is 18.2 Å². The molecule has 0 heterocycles. The van der Waals surface area contributed by atoms with Crippen molar-refractivity contribution in [3.63, 3.8) is 0 Å². The second-order valence-electron chi connectivity index (χ2n) is 3.16. The molecule has 2 heteroatoms. The largest absolute Gasteiger partial charge is 0.290 e. The SMILES string of the molecule is O=[C]C1(c2ccccc2F)CC1. The molecule has 1 fully saturated rings. The molecule has 12 heavy (non-hydrogen) atoms. The van der Waals surface area contributed by atoms with Crippen LogP contribution in [0.25, 0.3) is 0 Å². The van der Waals surface area contributed by atoms with Crippen LogP contribution in [-0.4, -0.2) is 6.29 Å².